The first kappa shape index (κ1) is 15.5. The van der Waals surface area contributed by atoms with Crippen molar-refractivity contribution in [2.75, 3.05) is 19.8 Å². The number of rotatable bonds is 9. The van der Waals surface area contributed by atoms with Crippen LogP contribution in [0, 0.1) is 0 Å². The Labute approximate surface area is 115 Å². The maximum absolute atomic E-state index is 11.1. The Balaban J connectivity index is 2.24. The van der Waals surface area contributed by atoms with Gasteiger partial charge < -0.3 is 14.8 Å². The van der Waals surface area contributed by atoms with E-state index in [0.717, 1.165) is 30.8 Å². The molecule has 0 spiro atoms. The minimum atomic E-state index is -0.126. The van der Waals surface area contributed by atoms with Crippen LogP contribution in [0.15, 0.2) is 24.3 Å². The van der Waals surface area contributed by atoms with Crippen molar-refractivity contribution in [2.24, 2.45) is 0 Å². The quantitative estimate of drug-likeness (QED) is 0.550. The number of hydrogen-bond acceptors (Lipinski definition) is 4. The molecule has 0 fully saturated rings. The van der Waals surface area contributed by atoms with E-state index in [1.807, 2.05) is 38.1 Å². The Morgan fingerprint density at radius 1 is 1.21 bits per heavy atom. The molecule has 0 aliphatic rings. The van der Waals surface area contributed by atoms with Crippen LogP contribution in [0.5, 0.6) is 5.75 Å². The van der Waals surface area contributed by atoms with Gasteiger partial charge in [0.1, 0.15) is 5.75 Å². The Bertz CT molecular complexity index is 379. The third kappa shape index (κ3) is 6.25. The molecule has 0 aliphatic heterocycles. The molecule has 1 aromatic carbocycles. The first-order valence-electron chi connectivity index (χ1n) is 6.85. The molecule has 0 bridgehead atoms. The zero-order valence-electron chi connectivity index (χ0n) is 11.8. The lowest BCUT2D eigenvalue weighted by molar-refractivity contribution is -0.143. The number of hydrogen-bond donors (Lipinski definition) is 1. The van der Waals surface area contributed by atoms with Crippen LogP contribution in [0.3, 0.4) is 0 Å². The molecule has 0 saturated carbocycles. The normalized spacial score (nSPS) is 10.2. The van der Waals surface area contributed by atoms with Gasteiger partial charge in [-0.25, -0.2) is 0 Å². The van der Waals surface area contributed by atoms with Gasteiger partial charge in [0.15, 0.2) is 0 Å². The summed E-state index contributed by atoms with van der Waals surface area (Å²) >= 11 is 0. The van der Waals surface area contributed by atoms with E-state index in [1.165, 1.54) is 0 Å². The van der Waals surface area contributed by atoms with Crippen molar-refractivity contribution in [1.29, 1.82) is 0 Å². The molecule has 0 amide bonds. The largest absolute Gasteiger partial charge is 0.494 e. The second-order valence-electron chi connectivity index (χ2n) is 4.13. The van der Waals surface area contributed by atoms with Gasteiger partial charge in [0.25, 0.3) is 0 Å². The molecule has 0 atom stereocenters. The second kappa shape index (κ2) is 9.39. The molecule has 4 nitrogen and oxygen atoms in total. The monoisotopic (exact) mass is 265 g/mol. The van der Waals surface area contributed by atoms with Crippen LogP contribution in [0.25, 0.3) is 0 Å². The highest BCUT2D eigenvalue weighted by Gasteiger charge is 2.03. The topological polar surface area (TPSA) is 47.6 Å². The summed E-state index contributed by atoms with van der Waals surface area (Å²) in [6.07, 6.45) is 1.25. The average molecular weight is 265 g/mol. The van der Waals surface area contributed by atoms with Crippen molar-refractivity contribution in [3.8, 4) is 5.75 Å². The lowest BCUT2D eigenvalue weighted by Gasteiger charge is -2.10. The highest BCUT2D eigenvalue weighted by atomic mass is 16.5. The van der Waals surface area contributed by atoms with Crippen LogP contribution in [-0.2, 0) is 16.1 Å². The third-order valence-electron chi connectivity index (χ3n) is 2.63. The third-order valence-corrected chi connectivity index (χ3v) is 2.63. The van der Waals surface area contributed by atoms with Gasteiger partial charge in [-0.05, 0) is 32.9 Å². The Kier molecular flexibility index (Phi) is 7.66. The van der Waals surface area contributed by atoms with Crippen molar-refractivity contribution < 1.29 is 14.3 Å². The minimum Gasteiger partial charge on any atom is -0.494 e. The highest BCUT2D eigenvalue weighted by molar-refractivity contribution is 5.69. The van der Waals surface area contributed by atoms with E-state index in [9.17, 15) is 4.79 Å². The summed E-state index contributed by atoms with van der Waals surface area (Å²) in [6.45, 7) is 6.45. The summed E-state index contributed by atoms with van der Waals surface area (Å²) < 4.78 is 10.4. The Morgan fingerprint density at radius 3 is 2.74 bits per heavy atom. The number of esters is 1. The molecule has 0 radical (unpaired) electrons. The second-order valence-corrected chi connectivity index (χ2v) is 4.13. The van der Waals surface area contributed by atoms with Gasteiger partial charge in [-0.15, -0.1) is 0 Å². The van der Waals surface area contributed by atoms with E-state index in [-0.39, 0.29) is 5.97 Å². The fourth-order valence-corrected chi connectivity index (χ4v) is 1.76. The number of nitrogens with one attached hydrogen (secondary N) is 1. The predicted octanol–water partition coefficient (Wildman–Crippen LogP) is 2.52. The minimum absolute atomic E-state index is 0.126. The van der Waals surface area contributed by atoms with Gasteiger partial charge in [-0.3, -0.25) is 4.79 Å². The standard InChI is InChI=1S/C15H23NO3/c1-3-18-14-9-6-5-8-13(14)12-16-11-7-10-15(17)19-4-2/h5-6,8-9,16H,3-4,7,10-12H2,1-2H3. The molecular weight excluding hydrogens is 242 g/mol. The van der Waals surface area contributed by atoms with E-state index in [4.69, 9.17) is 9.47 Å². The van der Waals surface area contributed by atoms with Crippen LogP contribution >= 0.6 is 0 Å². The summed E-state index contributed by atoms with van der Waals surface area (Å²) in [4.78, 5) is 11.1. The van der Waals surface area contributed by atoms with Gasteiger partial charge >= 0.3 is 5.97 Å². The SMILES string of the molecule is CCOC(=O)CCCNCc1ccccc1OCC. The summed E-state index contributed by atoms with van der Waals surface area (Å²) in [5, 5.41) is 3.31. The van der Waals surface area contributed by atoms with E-state index >= 15 is 0 Å². The van der Waals surface area contributed by atoms with Crippen molar-refractivity contribution in [3.63, 3.8) is 0 Å². The molecule has 1 aromatic rings. The molecular formula is C15H23NO3. The maximum atomic E-state index is 11.1. The molecule has 0 aliphatic carbocycles. The molecule has 1 rings (SSSR count). The van der Waals surface area contributed by atoms with E-state index in [0.29, 0.717) is 19.6 Å². The fraction of sp³-hybridized carbons (Fsp3) is 0.533. The van der Waals surface area contributed by atoms with Crippen molar-refractivity contribution in [1.82, 2.24) is 5.32 Å². The van der Waals surface area contributed by atoms with Crippen LogP contribution in [-0.4, -0.2) is 25.7 Å². The summed E-state index contributed by atoms with van der Waals surface area (Å²) in [7, 11) is 0. The van der Waals surface area contributed by atoms with Crippen molar-refractivity contribution in [3.05, 3.63) is 29.8 Å². The summed E-state index contributed by atoms with van der Waals surface area (Å²) in [5.74, 6) is 0.793. The molecule has 0 heterocycles. The molecule has 19 heavy (non-hydrogen) atoms. The lowest BCUT2D eigenvalue weighted by atomic mass is 10.2. The molecule has 0 saturated heterocycles. The molecule has 106 valence electrons. The number of para-hydroxylation sites is 1. The summed E-state index contributed by atoms with van der Waals surface area (Å²) in [5.41, 5.74) is 1.14. The maximum Gasteiger partial charge on any atom is 0.305 e. The van der Waals surface area contributed by atoms with Crippen LogP contribution in [0.1, 0.15) is 32.3 Å². The van der Waals surface area contributed by atoms with Gasteiger partial charge in [0, 0.05) is 18.5 Å². The highest BCUT2D eigenvalue weighted by Crippen LogP contribution is 2.17. The van der Waals surface area contributed by atoms with E-state index < -0.39 is 0 Å². The van der Waals surface area contributed by atoms with Gasteiger partial charge in [0.05, 0.1) is 13.2 Å². The number of carbonyl (C=O) groups excluding carboxylic acids is 1. The molecule has 0 aromatic heterocycles. The van der Waals surface area contributed by atoms with Crippen LogP contribution < -0.4 is 10.1 Å². The molecule has 0 unspecified atom stereocenters. The van der Waals surface area contributed by atoms with Crippen molar-refractivity contribution in [2.45, 2.75) is 33.2 Å². The smallest absolute Gasteiger partial charge is 0.305 e. The van der Waals surface area contributed by atoms with E-state index in [2.05, 4.69) is 5.32 Å². The van der Waals surface area contributed by atoms with Gasteiger partial charge in [-0.2, -0.15) is 0 Å². The van der Waals surface area contributed by atoms with Crippen molar-refractivity contribution >= 4 is 5.97 Å². The van der Waals surface area contributed by atoms with Gasteiger partial charge in [0.2, 0.25) is 0 Å². The summed E-state index contributed by atoms with van der Waals surface area (Å²) in [6, 6.07) is 7.98. The van der Waals surface area contributed by atoms with Gasteiger partial charge in [-0.1, -0.05) is 18.2 Å². The number of carbonyl (C=O) groups is 1. The first-order valence-corrected chi connectivity index (χ1v) is 6.85. The van der Waals surface area contributed by atoms with E-state index in [1.54, 1.807) is 0 Å². The number of benzene rings is 1. The molecule has 4 heteroatoms. The van der Waals surface area contributed by atoms with Crippen LogP contribution in [0.4, 0.5) is 0 Å². The van der Waals surface area contributed by atoms with Crippen LogP contribution in [0.2, 0.25) is 0 Å². The average Bonchev–Trinajstić information content (AvgIpc) is 2.41. The zero-order valence-corrected chi connectivity index (χ0v) is 11.8. The predicted molar refractivity (Wildman–Crippen MR) is 75.2 cm³/mol. The Morgan fingerprint density at radius 2 is 2.00 bits per heavy atom. The fourth-order valence-electron chi connectivity index (χ4n) is 1.76. The number of ether oxygens (including phenoxy) is 2. The first-order chi connectivity index (χ1) is 9.27. The Hall–Kier alpha value is -1.55. The lowest BCUT2D eigenvalue weighted by Crippen LogP contribution is -2.17. The molecule has 1 N–H and O–H groups in total. The zero-order chi connectivity index (χ0) is 13.9.